The maximum Gasteiger partial charge on any atom is 0.573 e. The second kappa shape index (κ2) is 10.8. The zero-order chi connectivity index (χ0) is 26.5. The molecule has 0 aliphatic heterocycles. The van der Waals surface area contributed by atoms with Crippen molar-refractivity contribution in [2.45, 2.75) is 31.7 Å². The van der Waals surface area contributed by atoms with Gasteiger partial charge in [-0.15, -0.1) is 26.3 Å². The van der Waals surface area contributed by atoms with Crippen LogP contribution in [0.1, 0.15) is 17.5 Å². The first-order valence-electron chi connectivity index (χ1n) is 10.3. The number of halogens is 6. The first kappa shape index (κ1) is 26.6. The fourth-order valence-electron chi connectivity index (χ4n) is 3.44. The van der Waals surface area contributed by atoms with Crippen molar-refractivity contribution >= 4 is 17.4 Å². The first-order valence-corrected chi connectivity index (χ1v) is 10.3. The van der Waals surface area contributed by atoms with Crippen LogP contribution in [0, 0.1) is 0 Å². The van der Waals surface area contributed by atoms with Crippen molar-refractivity contribution < 1.29 is 50.1 Å². The molecule has 1 amide bonds. The number of hydrogen-bond donors (Lipinski definition) is 0. The highest BCUT2D eigenvalue weighted by atomic mass is 19.4. The molecule has 3 rings (SSSR count). The van der Waals surface area contributed by atoms with Crippen molar-refractivity contribution in [2.24, 2.45) is 0 Å². The molecular formula is C24H19F6NO5. The fraction of sp³-hybridized carbons (Fsp3) is 0.250. The Kier molecular flexibility index (Phi) is 7.96. The number of allylic oxidation sites excluding steroid dienone is 2. The molecule has 0 N–H and O–H groups in total. The van der Waals surface area contributed by atoms with Crippen LogP contribution in [0.15, 0.2) is 66.8 Å². The van der Waals surface area contributed by atoms with Crippen molar-refractivity contribution in [2.75, 3.05) is 7.11 Å². The van der Waals surface area contributed by atoms with E-state index in [2.05, 4.69) is 14.2 Å². The van der Waals surface area contributed by atoms with Gasteiger partial charge in [0, 0.05) is 6.54 Å². The Morgan fingerprint density at radius 1 is 0.889 bits per heavy atom. The summed E-state index contributed by atoms with van der Waals surface area (Å²) in [5.74, 6) is -2.87. The van der Waals surface area contributed by atoms with Crippen LogP contribution >= 0.6 is 0 Å². The van der Waals surface area contributed by atoms with E-state index in [1.54, 1.807) is 18.2 Å². The van der Waals surface area contributed by atoms with Crippen LogP contribution in [0.3, 0.4) is 0 Å². The summed E-state index contributed by atoms with van der Waals surface area (Å²) in [6.45, 7) is -0.109. The summed E-state index contributed by atoms with van der Waals surface area (Å²) in [5.41, 5.74) is 1.71. The van der Waals surface area contributed by atoms with Crippen LogP contribution in [0.4, 0.5) is 26.3 Å². The maximum absolute atomic E-state index is 12.7. The van der Waals surface area contributed by atoms with Gasteiger partial charge in [0.15, 0.2) is 0 Å². The van der Waals surface area contributed by atoms with Crippen LogP contribution in [0.25, 0.3) is 5.57 Å². The van der Waals surface area contributed by atoms with Crippen molar-refractivity contribution in [3.63, 3.8) is 0 Å². The Morgan fingerprint density at radius 2 is 1.42 bits per heavy atom. The van der Waals surface area contributed by atoms with Gasteiger partial charge in [0.05, 0.1) is 13.2 Å². The molecule has 0 radical (unpaired) electrons. The van der Waals surface area contributed by atoms with Gasteiger partial charge in [-0.05, 0) is 47.4 Å². The predicted molar refractivity (Wildman–Crippen MR) is 114 cm³/mol. The molecule has 6 nitrogen and oxygen atoms in total. The van der Waals surface area contributed by atoms with Gasteiger partial charge < -0.3 is 19.1 Å². The summed E-state index contributed by atoms with van der Waals surface area (Å²) in [4.78, 5) is 25.8. The lowest BCUT2D eigenvalue weighted by atomic mass is 9.96. The zero-order valence-corrected chi connectivity index (χ0v) is 18.6. The van der Waals surface area contributed by atoms with Crippen LogP contribution in [0.2, 0.25) is 0 Å². The molecule has 0 saturated carbocycles. The molecule has 0 saturated heterocycles. The number of ether oxygens (including phenoxy) is 3. The van der Waals surface area contributed by atoms with Crippen LogP contribution < -0.4 is 9.47 Å². The summed E-state index contributed by atoms with van der Waals surface area (Å²) in [7, 11) is 1.04. The van der Waals surface area contributed by atoms with Gasteiger partial charge in [0.2, 0.25) is 0 Å². The number of esters is 1. The van der Waals surface area contributed by atoms with E-state index >= 15 is 0 Å². The summed E-state index contributed by atoms with van der Waals surface area (Å²) in [6, 6.07) is 9.47. The third kappa shape index (κ3) is 7.52. The van der Waals surface area contributed by atoms with Crippen molar-refractivity contribution in [1.82, 2.24) is 4.90 Å². The molecule has 2 aromatic carbocycles. The Bertz CT molecular complexity index is 1140. The summed E-state index contributed by atoms with van der Waals surface area (Å²) in [6.07, 6.45) is -4.38. The number of amides is 1. The SMILES string of the molecule is COC(=O)C(=O)N(Cc1ccc(OC(F)(F)F)cc1)C1C=CC(c2ccc(OC(F)(F)F)cc2)=CC1. The normalized spacial score (nSPS) is 15.6. The number of rotatable bonds is 6. The topological polar surface area (TPSA) is 65.1 Å². The average molecular weight is 515 g/mol. The third-order valence-corrected chi connectivity index (χ3v) is 5.03. The van der Waals surface area contributed by atoms with Gasteiger partial charge in [-0.25, -0.2) is 4.79 Å². The third-order valence-electron chi connectivity index (χ3n) is 5.03. The van der Waals surface area contributed by atoms with Crippen LogP contribution in [-0.4, -0.2) is 42.7 Å². The van der Waals surface area contributed by atoms with E-state index < -0.39 is 36.4 Å². The smallest absolute Gasteiger partial charge is 0.462 e. The zero-order valence-electron chi connectivity index (χ0n) is 18.6. The highest BCUT2D eigenvalue weighted by Gasteiger charge is 2.32. The molecule has 0 aromatic heterocycles. The number of hydrogen-bond acceptors (Lipinski definition) is 5. The minimum absolute atomic E-state index is 0.109. The molecule has 1 unspecified atom stereocenters. The van der Waals surface area contributed by atoms with Crippen LogP contribution in [-0.2, 0) is 20.9 Å². The Morgan fingerprint density at radius 3 is 1.86 bits per heavy atom. The van der Waals surface area contributed by atoms with E-state index in [0.717, 1.165) is 19.2 Å². The summed E-state index contributed by atoms with van der Waals surface area (Å²) < 4.78 is 86.4. The van der Waals surface area contributed by atoms with E-state index in [9.17, 15) is 35.9 Å². The van der Waals surface area contributed by atoms with Crippen molar-refractivity contribution in [3.8, 4) is 11.5 Å². The van der Waals surface area contributed by atoms with Gasteiger partial charge in [-0.2, -0.15) is 0 Å². The van der Waals surface area contributed by atoms with Gasteiger partial charge in [0.25, 0.3) is 0 Å². The van der Waals surface area contributed by atoms with Gasteiger partial charge in [-0.1, -0.05) is 42.5 Å². The quantitative estimate of drug-likeness (QED) is 0.293. The molecule has 12 heteroatoms. The number of nitrogens with zero attached hydrogens (tertiary/aromatic N) is 1. The number of methoxy groups -OCH3 is 1. The lowest BCUT2D eigenvalue weighted by Gasteiger charge is -2.30. The van der Waals surface area contributed by atoms with E-state index in [-0.39, 0.29) is 18.7 Å². The Hall–Kier alpha value is -3.96. The second-order valence-corrected chi connectivity index (χ2v) is 7.51. The molecule has 0 heterocycles. The van der Waals surface area contributed by atoms with Gasteiger partial charge in [0.1, 0.15) is 11.5 Å². The fourth-order valence-corrected chi connectivity index (χ4v) is 3.44. The molecular weight excluding hydrogens is 496 g/mol. The molecule has 2 aromatic rings. The lowest BCUT2D eigenvalue weighted by molar-refractivity contribution is -0.275. The molecule has 192 valence electrons. The van der Waals surface area contributed by atoms with E-state index in [0.29, 0.717) is 16.7 Å². The number of alkyl halides is 6. The molecule has 1 atom stereocenters. The Balaban J connectivity index is 1.74. The van der Waals surface area contributed by atoms with Gasteiger partial charge >= 0.3 is 24.6 Å². The molecule has 0 spiro atoms. The highest BCUT2D eigenvalue weighted by Crippen LogP contribution is 2.29. The molecule has 0 bridgehead atoms. The molecule has 36 heavy (non-hydrogen) atoms. The monoisotopic (exact) mass is 515 g/mol. The molecule has 1 aliphatic rings. The van der Waals surface area contributed by atoms with Crippen LogP contribution in [0.5, 0.6) is 11.5 Å². The predicted octanol–water partition coefficient (Wildman–Crippen LogP) is 5.40. The highest BCUT2D eigenvalue weighted by molar-refractivity contribution is 6.32. The average Bonchev–Trinajstić information content (AvgIpc) is 2.81. The second-order valence-electron chi connectivity index (χ2n) is 7.51. The molecule has 1 aliphatic carbocycles. The number of carbonyl (C=O) groups is 2. The lowest BCUT2D eigenvalue weighted by Crippen LogP contribution is -2.43. The standard InChI is InChI=1S/C24H19F6NO5/c1-34-22(33)21(32)31(14-15-2-10-19(11-3-15)35-23(25,26)27)18-8-4-16(5-9-18)17-6-12-20(13-7-17)36-24(28,29)30/h2-8,10-13,18H,9,14H2,1H3. The van der Waals surface area contributed by atoms with E-state index in [1.807, 2.05) is 0 Å². The largest absolute Gasteiger partial charge is 0.573 e. The minimum atomic E-state index is -4.85. The van der Waals surface area contributed by atoms with Crippen molar-refractivity contribution in [3.05, 3.63) is 77.9 Å². The maximum atomic E-state index is 12.7. The number of benzene rings is 2. The van der Waals surface area contributed by atoms with E-state index in [4.69, 9.17) is 0 Å². The van der Waals surface area contributed by atoms with Crippen molar-refractivity contribution in [1.29, 1.82) is 0 Å². The summed E-state index contributed by atoms with van der Waals surface area (Å²) in [5, 5.41) is 0. The Labute approximate surface area is 201 Å². The van der Waals surface area contributed by atoms with Gasteiger partial charge in [-0.3, -0.25) is 4.79 Å². The summed E-state index contributed by atoms with van der Waals surface area (Å²) >= 11 is 0. The molecule has 0 fully saturated rings. The minimum Gasteiger partial charge on any atom is -0.462 e. The number of carbonyl (C=O) groups excluding carboxylic acids is 2. The van der Waals surface area contributed by atoms with E-state index in [1.165, 1.54) is 41.3 Å². The first-order chi connectivity index (χ1) is 16.8.